The van der Waals surface area contributed by atoms with Crippen molar-refractivity contribution in [2.75, 3.05) is 19.8 Å². The number of ether oxygens (including phenoxy) is 3. The largest absolute Gasteiger partial charge is 0.485 e. The third-order valence-electron chi connectivity index (χ3n) is 3.44. The maximum Gasteiger partial charge on any atom is 0.343 e. The number of carbonyl (C=O) groups excluding carboxylic acids is 1. The molecule has 2 rings (SSSR count). The molecule has 0 amide bonds. The Labute approximate surface area is 142 Å². The molecule has 1 aromatic carbocycles. The maximum absolute atomic E-state index is 14.1. The first-order valence-electron chi connectivity index (χ1n) is 7.85. The van der Waals surface area contributed by atoms with Gasteiger partial charge in [0.1, 0.15) is 12.2 Å². The molecule has 0 spiro atoms. The Morgan fingerprint density at radius 1 is 1.28 bits per heavy atom. The van der Waals surface area contributed by atoms with E-state index >= 15 is 0 Å². The molecule has 1 unspecified atom stereocenters. The molecule has 0 radical (unpaired) electrons. The third kappa shape index (κ3) is 3.96. The third-order valence-corrected chi connectivity index (χ3v) is 3.44. The standard InChI is InChI=1S/C17H19F2NO5/c1-4-23-9(3)8-25-16-13(19)12(18)6-10-14(16)20-7-11(15(10)21)17(22)24-5-2/h6-7,9H,4-5,8H2,1-3H3,(H,20,21). The summed E-state index contributed by atoms with van der Waals surface area (Å²) in [5, 5.41) is -0.205. The van der Waals surface area contributed by atoms with Crippen molar-refractivity contribution in [2.45, 2.75) is 26.9 Å². The van der Waals surface area contributed by atoms with Crippen LogP contribution in [-0.2, 0) is 9.47 Å². The van der Waals surface area contributed by atoms with E-state index in [4.69, 9.17) is 14.2 Å². The molecule has 136 valence electrons. The highest BCUT2D eigenvalue weighted by atomic mass is 19.2. The average Bonchev–Trinajstić information content (AvgIpc) is 2.57. The van der Waals surface area contributed by atoms with Crippen molar-refractivity contribution < 1.29 is 27.8 Å². The second-order valence-electron chi connectivity index (χ2n) is 5.25. The van der Waals surface area contributed by atoms with Gasteiger partial charge in [0, 0.05) is 12.8 Å². The minimum absolute atomic E-state index is 0.0367. The molecular weight excluding hydrogens is 336 g/mol. The average molecular weight is 355 g/mol. The van der Waals surface area contributed by atoms with Gasteiger partial charge in [-0.3, -0.25) is 4.79 Å². The molecule has 0 fully saturated rings. The summed E-state index contributed by atoms with van der Waals surface area (Å²) >= 11 is 0. The summed E-state index contributed by atoms with van der Waals surface area (Å²) in [5.74, 6) is -3.76. The van der Waals surface area contributed by atoms with Crippen molar-refractivity contribution in [3.8, 4) is 5.75 Å². The van der Waals surface area contributed by atoms with Crippen LogP contribution >= 0.6 is 0 Å². The van der Waals surface area contributed by atoms with Crippen molar-refractivity contribution in [1.82, 2.24) is 4.98 Å². The number of fused-ring (bicyclic) bond motifs is 1. The number of hydrogen-bond donors (Lipinski definition) is 1. The number of carbonyl (C=O) groups is 1. The van der Waals surface area contributed by atoms with Gasteiger partial charge in [0.25, 0.3) is 0 Å². The number of rotatable bonds is 7. The SMILES string of the molecule is CCOC(=O)c1c[nH]c2c(OCC(C)OCC)c(F)c(F)cc2c1=O. The molecule has 0 saturated heterocycles. The van der Waals surface area contributed by atoms with Gasteiger partial charge < -0.3 is 19.2 Å². The first-order chi connectivity index (χ1) is 11.9. The van der Waals surface area contributed by atoms with E-state index in [1.807, 2.05) is 0 Å². The fourth-order valence-corrected chi connectivity index (χ4v) is 2.31. The number of hydrogen-bond acceptors (Lipinski definition) is 5. The molecule has 2 aromatic rings. The summed E-state index contributed by atoms with van der Waals surface area (Å²) in [5.41, 5.74) is -1.11. The van der Waals surface area contributed by atoms with E-state index in [1.165, 1.54) is 0 Å². The summed E-state index contributed by atoms with van der Waals surface area (Å²) in [6.07, 6.45) is 0.743. The number of halogens is 2. The normalized spacial score (nSPS) is 12.2. The van der Waals surface area contributed by atoms with E-state index in [0.29, 0.717) is 6.61 Å². The number of benzene rings is 1. The van der Waals surface area contributed by atoms with Gasteiger partial charge in [0.15, 0.2) is 11.6 Å². The predicted octanol–water partition coefficient (Wildman–Crippen LogP) is 2.79. The van der Waals surface area contributed by atoms with Crippen LogP contribution in [0, 0.1) is 11.6 Å². The molecule has 0 aliphatic heterocycles. The van der Waals surface area contributed by atoms with E-state index in [2.05, 4.69) is 4.98 Å². The zero-order valence-corrected chi connectivity index (χ0v) is 14.2. The zero-order valence-electron chi connectivity index (χ0n) is 14.2. The molecule has 6 nitrogen and oxygen atoms in total. The molecule has 1 atom stereocenters. The van der Waals surface area contributed by atoms with Crippen LogP contribution in [0.25, 0.3) is 10.9 Å². The molecule has 0 aliphatic rings. The summed E-state index contributed by atoms with van der Waals surface area (Å²) in [4.78, 5) is 26.8. The highest BCUT2D eigenvalue weighted by Gasteiger charge is 2.21. The van der Waals surface area contributed by atoms with Crippen LogP contribution in [0.15, 0.2) is 17.1 Å². The summed E-state index contributed by atoms with van der Waals surface area (Å²) in [7, 11) is 0. The van der Waals surface area contributed by atoms with Gasteiger partial charge in [-0.25, -0.2) is 9.18 Å². The second kappa shape index (κ2) is 8.06. The lowest BCUT2D eigenvalue weighted by atomic mass is 10.1. The molecule has 1 heterocycles. The van der Waals surface area contributed by atoms with Crippen molar-refractivity contribution in [3.05, 3.63) is 39.7 Å². The van der Waals surface area contributed by atoms with Crippen LogP contribution in [0.1, 0.15) is 31.1 Å². The lowest BCUT2D eigenvalue weighted by Crippen LogP contribution is -2.21. The van der Waals surface area contributed by atoms with Gasteiger partial charge in [0.05, 0.1) is 23.6 Å². The van der Waals surface area contributed by atoms with E-state index in [1.54, 1.807) is 20.8 Å². The van der Waals surface area contributed by atoms with Gasteiger partial charge in [-0.15, -0.1) is 0 Å². The summed E-state index contributed by atoms with van der Waals surface area (Å²) in [6.45, 7) is 5.58. The summed E-state index contributed by atoms with van der Waals surface area (Å²) in [6, 6.07) is 0.727. The van der Waals surface area contributed by atoms with Crippen molar-refractivity contribution in [3.63, 3.8) is 0 Å². The highest BCUT2D eigenvalue weighted by Crippen LogP contribution is 2.28. The second-order valence-corrected chi connectivity index (χ2v) is 5.25. The number of nitrogens with one attached hydrogen (secondary N) is 1. The van der Waals surface area contributed by atoms with Gasteiger partial charge >= 0.3 is 5.97 Å². The van der Waals surface area contributed by atoms with E-state index in [-0.39, 0.29) is 35.8 Å². The molecule has 0 bridgehead atoms. The monoisotopic (exact) mass is 355 g/mol. The topological polar surface area (TPSA) is 77.6 Å². The van der Waals surface area contributed by atoms with Crippen LogP contribution in [0.2, 0.25) is 0 Å². The Morgan fingerprint density at radius 3 is 2.64 bits per heavy atom. The maximum atomic E-state index is 14.1. The minimum Gasteiger partial charge on any atom is -0.485 e. The first kappa shape index (κ1) is 18.9. The van der Waals surface area contributed by atoms with Gasteiger partial charge in [-0.1, -0.05) is 0 Å². The smallest absolute Gasteiger partial charge is 0.343 e. The molecular formula is C17H19F2NO5. The number of pyridine rings is 1. The Morgan fingerprint density at radius 2 is 2.00 bits per heavy atom. The van der Waals surface area contributed by atoms with E-state index in [0.717, 1.165) is 12.3 Å². The van der Waals surface area contributed by atoms with E-state index in [9.17, 15) is 18.4 Å². The van der Waals surface area contributed by atoms with Crippen LogP contribution in [0.3, 0.4) is 0 Å². The molecule has 1 N–H and O–H groups in total. The quantitative estimate of drug-likeness (QED) is 0.773. The Balaban J connectivity index is 2.51. The van der Waals surface area contributed by atoms with Crippen molar-refractivity contribution in [1.29, 1.82) is 0 Å². The number of aromatic amines is 1. The number of H-pyrrole nitrogens is 1. The van der Waals surface area contributed by atoms with Crippen LogP contribution in [0.5, 0.6) is 5.75 Å². The first-order valence-corrected chi connectivity index (χ1v) is 7.85. The fraction of sp³-hybridized carbons (Fsp3) is 0.412. The predicted molar refractivity (Wildman–Crippen MR) is 87.0 cm³/mol. The van der Waals surface area contributed by atoms with Gasteiger partial charge in [0.2, 0.25) is 11.2 Å². The Hall–Kier alpha value is -2.48. The zero-order chi connectivity index (χ0) is 18.6. The number of esters is 1. The van der Waals surface area contributed by atoms with E-state index < -0.39 is 28.8 Å². The molecule has 0 aliphatic carbocycles. The van der Waals surface area contributed by atoms with Crippen molar-refractivity contribution >= 4 is 16.9 Å². The highest BCUT2D eigenvalue weighted by molar-refractivity contribution is 5.95. The summed E-state index contributed by atoms with van der Waals surface area (Å²) < 4.78 is 43.4. The number of aromatic nitrogens is 1. The Kier molecular flexibility index (Phi) is 6.08. The van der Waals surface area contributed by atoms with Crippen LogP contribution in [0.4, 0.5) is 8.78 Å². The van der Waals surface area contributed by atoms with Crippen LogP contribution in [-0.4, -0.2) is 36.9 Å². The molecule has 25 heavy (non-hydrogen) atoms. The van der Waals surface area contributed by atoms with Crippen LogP contribution < -0.4 is 10.2 Å². The molecule has 1 aromatic heterocycles. The minimum atomic E-state index is -1.25. The lowest BCUT2D eigenvalue weighted by molar-refractivity contribution is 0.0394. The molecule has 8 heteroatoms. The Bertz CT molecular complexity index is 834. The van der Waals surface area contributed by atoms with Gasteiger partial charge in [-0.2, -0.15) is 4.39 Å². The molecule has 0 saturated carbocycles. The van der Waals surface area contributed by atoms with Gasteiger partial charge in [-0.05, 0) is 26.8 Å². The van der Waals surface area contributed by atoms with Crippen molar-refractivity contribution in [2.24, 2.45) is 0 Å². The lowest BCUT2D eigenvalue weighted by Gasteiger charge is -2.15. The fourth-order valence-electron chi connectivity index (χ4n) is 2.31.